The van der Waals surface area contributed by atoms with Crippen molar-refractivity contribution >= 4 is 17.6 Å². The Morgan fingerprint density at radius 3 is 2.94 bits per heavy atom. The Morgan fingerprint density at radius 1 is 1.39 bits per heavy atom. The molecule has 0 saturated carbocycles. The molecule has 0 aliphatic carbocycles. The summed E-state index contributed by atoms with van der Waals surface area (Å²) in [7, 11) is 0. The molecular formula is C11H13F2N3OS. The van der Waals surface area contributed by atoms with Gasteiger partial charge in [-0.25, -0.2) is 18.7 Å². The van der Waals surface area contributed by atoms with Gasteiger partial charge in [0.05, 0.1) is 6.10 Å². The maximum absolute atomic E-state index is 12.6. The van der Waals surface area contributed by atoms with Crippen LogP contribution in [0.25, 0.3) is 0 Å². The van der Waals surface area contributed by atoms with E-state index in [1.54, 1.807) is 11.8 Å². The Hall–Kier alpha value is -0.950. The van der Waals surface area contributed by atoms with Crippen molar-refractivity contribution in [1.82, 2.24) is 9.97 Å². The number of halogens is 2. The van der Waals surface area contributed by atoms with Gasteiger partial charge in [-0.15, -0.1) is 0 Å². The average Bonchev–Trinajstić information content (AvgIpc) is 2.92. The minimum atomic E-state index is -2.58. The van der Waals surface area contributed by atoms with E-state index in [0.29, 0.717) is 17.6 Å². The summed E-state index contributed by atoms with van der Waals surface area (Å²) < 4.78 is 25.1. The van der Waals surface area contributed by atoms with E-state index in [0.717, 1.165) is 12.3 Å². The molecule has 0 spiro atoms. The fourth-order valence-electron chi connectivity index (χ4n) is 2.53. The lowest BCUT2D eigenvalue weighted by Crippen LogP contribution is -2.26. The van der Waals surface area contributed by atoms with E-state index in [-0.39, 0.29) is 17.7 Å². The highest BCUT2D eigenvalue weighted by atomic mass is 32.2. The molecule has 3 heterocycles. The lowest BCUT2D eigenvalue weighted by Gasteiger charge is -2.19. The molecule has 1 aromatic rings. The fourth-order valence-corrected chi connectivity index (χ4v) is 4.02. The molecule has 18 heavy (non-hydrogen) atoms. The molecule has 7 heteroatoms. The smallest absolute Gasteiger partial charge is 0.280 e. The molecule has 2 fully saturated rings. The van der Waals surface area contributed by atoms with Gasteiger partial charge in [-0.3, -0.25) is 0 Å². The van der Waals surface area contributed by atoms with Crippen LogP contribution in [-0.4, -0.2) is 45.3 Å². The molecule has 3 atom stereocenters. The first-order valence-electron chi connectivity index (χ1n) is 5.80. The first-order chi connectivity index (χ1) is 8.65. The van der Waals surface area contributed by atoms with Crippen LogP contribution < -0.4 is 4.90 Å². The van der Waals surface area contributed by atoms with Crippen LogP contribution in [0.1, 0.15) is 12.1 Å². The van der Waals surface area contributed by atoms with Crippen molar-refractivity contribution in [1.29, 1.82) is 0 Å². The summed E-state index contributed by atoms with van der Waals surface area (Å²) >= 11 is 1.75. The van der Waals surface area contributed by atoms with Crippen LogP contribution in [0.2, 0.25) is 0 Å². The van der Waals surface area contributed by atoms with Crippen molar-refractivity contribution < 1.29 is 13.9 Å². The van der Waals surface area contributed by atoms with Crippen molar-refractivity contribution in [3.05, 3.63) is 18.1 Å². The first kappa shape index (κ1) is 12.1. The van der Waals surface area contributed by atoms with Crippen molar-refractivity contribution in [3.63, 3.8) is 0 Å². The standard InChI is InChI=1S/C11H13F2N3OS/c12-11(13)7-1-10(15-5-14-7)16-2-6-8(17)4-18-9(6)3-16/h1,5-6,8-9,11,17H,2-4H2. The van der Waals surface area contributed by atoms with Gasteiger partial charge in [-0.05, 0) is 0 Å². The third kappa shape index (κ3) is 2.05. The largest absolute Gasteiger partial charge is 0.392 e. The zero-order valence-electron chi connectivity index (χ0n) is 9.54. The predicted octanol–water partition coefficient (Wildman–Crippen LogP) is 1.33. The SMILES string of the molecule is OC1CSC2CN(c3cc(C(F)F)ncn3)CC12. The molecule has 0 aromatic carbocycles. The van der Waals surface area contributed by atoms with E-state index in [4.69, 9.17) is 0 Å². The minimum absolute atomic E-state index is 0.222. The maximum atomic E-state index is 12.6. The molecule has 0 amide bonds. The minimum Gasteiger partial charge on any atom is -0.392 e. The van der Waals surface area contributed by atoms with Gasteiger partial charge in [0, 0.05) is 36.1 Å². The molecule has 4 nitrogen and oxygen atoms in total. The maximum Gasteiger partial charge on any atom is 0.280 e. The molecule has 98 valence electrons. The predicted molar refractivity (Wildman–Crippen MR) is 64.9 cm³/mol. The van der Waals surface area contributed by atoms with E-state index < -0.39 is 6.43 Å². The van der Waals surface area contributed by atoms with Crippen LogP contribution in [0.15, 0.2) is 12.4 Å². The van der Waals surface area contributed by atoms with Crippen LogP contribution in [0.4, 0.5) is 14.6 Å². The van der Waals surface area contributed by atoms with E-state index in [1.807, 2.05) is 4.90 Å². The second-order valence-corrected chi connectivity index (χ2v) is 5.88. The quantitative estimate of drug-likeness (QED) is 0.881. The zero-order valence-corrected chi connectivity index (χ0v) is 10.4. The summed E-state index contributed by atoms with van der Waals surface area (Å²) in [5, 5.41) is 10.2. The molecule has 2 aliphatic rings. The third-order valence-electron chi connectivity index (χ3n) is 3.51. The summed E-state index contributed by atoms with van der Waals surface area (Å²) in [4.78, 5) is 9.56. The van der Waals surface area contributed by atoms with E-state index in [1.165, 1.54) is 12.4 Å². The molecule has 1 aromatic heterocycles. The van der Waals surface area contributed by atoms with Crippen molar-refractivity contribution in [3.8, 4) is 0 Å². The van der Waals surface area contributed by atoms with E-state index >= 15 is 0 Å². The van der Waals surface area contributed by atoms with Crippen LogP contribution in [0.3, 0.4) is 0 Å². The lowest BCUT2D eigenvalue weighted by molar-refractivity contribution is 0.145. The van der Waals surface area contributed by atoms with Crippen molar-refractivity contribution in [2.24, 2.45) is 5.92 Å². The first-order valence-corrected chi connectivity index (χ1v) is 6.84. The molecule has 2 saturated heterocycles. The van der Waals surface area contributed by atoms with Crippen molar-refractivity contribution in [2.45, 2.75) is 17.8 Å². The summed E-state index contributed by atoms with van der Waals surface area (Å²) in [6, 6.07) is 1.34. The number of alkyl halides is 2. The Kier molecular flexibility index (Phi) is 3.11. The number of aliphatic hydroxyl groups excluding tert-OH is 1. The summed E-state index contributed by atoms with van der Waals surface area (Å²) in [6.45, 7) is 1.44. The molecule has 3 unspecified atom stereocenters. The summed E-state index contributed by atoms with van der Waals surface area (Å²) in [6.07, 6.45) is -1.69. The monoisotopic (exact) mass is 273 g/mol. The number of aliphatic hydroxyl groups is 1. The number of hydrogen-bond acceptors (Lipinski definition) is 5. The van der Waals surface area contributed by atoms with Gasteiger partial charge in [0.1, 0.15) is 17.8 Å². The zero-order chi connectivity index (χ0) is 12.7. The van der Waals surface area contributed by atoms with Gasteiger partial charge < -0.3 is 10.0 Å². The van der Waals surface area contributed by atoms with Gasteiger partial charge in [-0.2, -0.15) is 11.8 Å². The normalized spacial score (nSPS) is 31.1. The number of fused-ring (bicyclic) bond motifs is 1. The van der Waals surface area contributed by atoms with Crippen LogP contribution in [0, 0.1) is 5.92 Å². The highest BCUT2D eigenvalue weighted by molar-refractivity contribution is 8.00. The Bertz CT molecular complexity index is 448. The van der Waals surface area contributed by atoms with Gasteiger partial charge in [-0.1, -0.05) is 0 Å². The third-order valence-corrected chi connectivity index (χ3v) is 4.97. The molecule has 1 N–H and O–H groups in total. The molecule has 0 radical (unpaired) electrons. The van der Waals surface area contributed by atoms with Crippen LogP contribution >= 0.6 is 11.8 Å². The highest BCUT2D eigenvalue weighted by Gasteiger charge is 2.43. The van der Waals surface area contributed by atoms with Crippen molar-refractivity contribution in [2.75, 3.05) is 23.7 Å². The molecular weight excluding hydrogens is 260 g/mol. The number of thioether (sulfide) groups is 1. The Morgan fingerprint density at radius 2 is 2.22 bits per heavy atom. The fraction of sp³-hybridized carbons (Fsp3) is 0.636. The number of rotatable bonds is 2. The number of anilines is 1. The molecule has 2 aliphatic heterocycles. The molecule has 0 bridgehead atoms. The highest BCUT2D eigenvalue weighted by Crippen LogP contribution is 2.39. The van der Waals surface area contributed by atoms with Crippen LogP contribution in [-0.2, 0) is 0 Å². The van der Waals surface area contributed by atoms with Gasteiger partial charge in [0.25, 0.3) is 6.43 Å². The second kappa shape index (κ2) is 4.62. The number of aromatic nitrogens is 2. The van der Waals surface area contributed by atoms with E-state index in [9.17, 15) is 13.9 Å². The lowest BCUT2D eigenvalue weighted by atomic mass is 10.0. The Balaban J connectivity index is 1.78. The topological polar surface area (TPSA) is 49.2 Å². The molecule has 3 rings (SSSR count). The van der Waals surface area contributed by atoms with Gasteiger partial charge >= 0.3 is 0 Å². The Labute approximate surface area is 107 Å². The van der Waals surface area contributed by atoms with Crippen LogP contribution in [0.5, 0.6) is 0 Å². The van der Waals surface area contributed by atoms with Gasteiger partial charge in [0.15, 0.2) is 0 Å². The second-order valence-electron chi connectivity index (χ2n) is 4.61. The number of hydrogen-bond donors (Lipinski definition) is 1. The average molecular weight is 273 g/mol. The summed E-state index contributed by atoms with van der Waals surface area (Å²) in [5.74, 6) is 1.53. The van der Waals surface area contributed by atoms with E-state index in [2.05, 4.69) is 9.97 Å². The summed E-state index contributed by atoms with van der Waals surface area (Å²) in [5.41, 5.74) is -0.245. The number of nitrogens with zero attached hydrogens (tertiary/aromatic N) is 3. The van der Waals surface area contributed by atoms with Gasteiger partial charge in [0.2, 0.25) is 0 Å².